The molecule has 0 radical (unpaired) electrons. The lowest BCUT2D eigenvalue weighted by Gasteiger charge is -2.35. The van der Waals surface area contributed by atoms with E-state index in [-0.39, 0.29) is 6.04 Å². The average Bonchev–Trinajstić information content (AvgIpc) is 2.94. The van der Waals surface area contributed by atoms with Crippen molar-refractivity contribution in [3.05, 3.63) is 40.9 Å². The number of nitrogens with one attached hydrogen (secondary N) is 1. The Morgan fingerprint density at radius 3 is 3.00 bits per heavy atom. The average molecular weight is 303 g/mol. The minimum Gasteiger partial charge on any atom is -0.308 e. The molecular weight excluding hydrogens is 288 g/mol. The van der Waals surface area contributed by atoms with Crippen LogP contribution in [0.2, 0.25) is 5.02 Å². The topological polar surface area (TPSA) is 79.4 Å². The Kier molecular flexibility index (Phi) is 3.62. The van der Waals surface area contributed by atoms with Gasteiger partial charge >= 0.3 is 0 Å². The number of aromatic nitrogens is 4. The van der Waals surface area contributed by atoms with Crippen LogP contribution in [0.15, 0.2) is 24.5 Å². The number of piperidine rings is 1. The van der Waals surface area contributed by atoms with E-state index in [0.717, 1.165) is 24.4 Å². The van der Waals surface area contributed by atoms with Crippen LogP contribution in [0.1, 0.15) is 30.3 Å². The SMILES string of the molecule is Cn1cc([C@@H]2C[C@](C#N)(c3ccc(Cl)cn3)CCN2)nn1. The van der Waals surface area contributed by atoms with Crippen LogP contribution in [0.4, 0.5) is 0 Å². The molecule has 6 nitrogen and oxygen atoms in total. The van der Waals surface area contributed by atoms with Crippen molar-refractivity contribution in [3.63, 3.8) is 0 Å². The second-order valence-electron chi connectivity index (χ2n) is 5.33. The summed E-state index contributed by atoms with van der Waals surface area (Å²) in [6.07, 6.45) is 4.81. The van der Waals surface area contributed by atoms with E-state index in [1.165, 1.54) is 0 Å². The van der Waals surface area contributed by atoms with E-state index in [4.69, 9.17) is 11.6 Å². The van der Waals surface area contributed by atoms with E-state index in [1.807, 2.05) is 19.3 Å². The Balaban J connectivity index is 1.92. The first kappa shape index (κ1) is 14.0. The molecule has 1 aliphatic rings. The molecule has 1 saturated heterocycles. The third kappa shape index (κ3) is 2.62. The fourth-order valence-electron chi connectivity index (χ4n) is 2.77. The van der Waals surface area contributed by atoms with Crippen molar-refractivity contribution in [1.82, 2.24) is 25.3 Å². The lowest BCUT2D eigenvalue weighted by molar-refractivity contribution is 0.301. The van der Waals surface area contributed by atoms with Gasteiger partial charge in [0.1, 0.15) is 5.41 Å². The highest BCUT2D eigenvalue weighted by molar-refractivity contribution is 6.30. The summed E-state index contributed by atoms with van der Waals surface area (Å²) in [6.45, 7) is 0.735. The molecule has 3 heterocycles. The zero-order chi connectivity index (χ0) is 14.9. The summed E-state index contributed by atoms with van der Waals surface area (Å²) < 4.78 is 1.67. The summed E-state index contributed by atoms with van der Waals surface area (Å²) in [7, 11) is 1.83. The summed E-state index contributed by atoms with van der Waals surface area (Å²) >= 11 is 5.89. The molecule has 108 valence electrons. The molecule has 7 heteroatoms. The van der Waals surface area contributed by atoms with Crippen molar-refractivity contribution in [2.24, 2.45) is 7.05 Å². The summed E-state index contributed by atoms with van der Waals surface area (Å²) in [4.78, 5) is 4.35. The molecule has 21 heavy (non-hydrogen) atoms. The molecule has 0 saturated carbocycles. The van der Waals surface area contributed by atoms with Gasteiger partial charge in [-0.1, -0.05) is 16.8 Å². The van der Waals surface area contributed by atoms with Gasteiger partial charge in [0, 0.05) is 19.4 Å². The van der Waals surface area contributed by atoms with Crippen LogP contribution in [0.3, 0.4) is 0 Å². The summed E-state index contributed by atoms with van der Waals surface area (Å²) in [5.74, 6) is 0. The summed E-state index contributed by atoms with van der Waals surface area (Å²) in [5.41, 5.74) is 1.01. The Morgan fingerprint density at radius 1 is 1.52 bits per heavy atom. The Morgan fingerprint density at radius 2 is 2.38 bits per heavy atom. The molecule has 0 bridgehead atoms. The lowest BCUT2D eigenvalue weighted by Crippen LogP contribution is -2.41. The Hall–Kier alpha value is -1.97. The van der Waals surface area contributed by atoms with Crippen LogP contribution < -0.4 is 5.32 Å². The number of halogens is 1. The number of aryl methyl sites for hydroxylation is 1. The number of nitriles is 1. The monoisotopic (exact) mass is 302 g/mol. The van der Waals surface area contributed by atoms with Crippen LogP contribution in [0.5, 0.6) is 0 Å². The van der Waals surface area contributed by atoms with E-state index >= 15 is 0 Å². The molecule has 1 aliphatic heterocycles. The summed E-state index contributed by atoms with van der Waals surface area (Å²) in [6, 6.07) is 6.08. The second-order valence-corrected chi connectivity index (χ2v) is 5.77. The smallest absolute Gasteiger partial charge is 0.102 e. The normalized spacial score (nSPS) is 25.5. The fraction of sp³-hybridized carbons (Fsp3) is 0.429. The van der Waals surface area contributed by atoms with Crippen LogP contribution in [0, 0.1) is 11.3 Å². The van der Waals surface area contributed by atoms with Gasteiger partial charge in [0.25, 0.3) is 0 Å². The van der Waals surface area contributed by atoms with E-state index in [2.05, 4.69) is 26.7 Å². The first-order chi connectivity index (χ1) is 10.1. The molecule has 0 spiro atoms. The van der Waals surface area contributed by atoms with Gasteiger partial charge in [0.15, 0.2) is 0 Å². The maximum atomic E-state index is 9.74. The molecule has 0 aliphatic carbocycles. The van der Waals surface area contributed by atoms with Crippen molar-refractivity contribution in [1.29, 1.82) is 5.26 Å². The minimum atomic E-state index is -0.613. The standard InChI is InChI=1S/C14H15ClN6/c1-21-8-12(19-20-21)11-6-14(9-16,4-5-17-11)13-3-2-10(15)7-18-13/h2-3,7-8,11,17H,4-6H2,1H3/t11-,14+/m0/s1. The number of hydrogen-bond acceptors (Lipinski definition) is 5. The number of pyridine rings is 1. The molecule has 2 aromatic rings. The third-order valence-electron chi connectivity index (χ3n) is 3.90. The van der Waals surface area contributed by atoms with Crippen LogP contribution in [-0.4, -0.2) is 26.5 Å². The molecule has 3 rings (SSSR count). The highest BCUT2D eigenvalue weighted by atomic mass is 35.5. The zero-order valence-corrected chi connectivity index (χ0v) is 12.4. The molecule has 2 atom stereocenters. The highest BCUT2D eigenvalue weighted by Crippen LogP contribution is 2.38. The first-order valence-electron chi connectivity index (χ1n) is 6.76. The van der Waals surface area contributed by atoms with E-state index < -0.39 is 5.41 Å². The molecule has 1 fully saturated rings. The van der Waals surface area contributed by atoms with Gasteiger partial charge in [0.05, 0.1) is 28.5 Å². The van der Waals surface area contributed by atoms with Crippen molar-refractivity contribution in [2.75, 3.05) is 6.54 Å². The van der Waals surface area contributed by atoms with Gasteiger partial charge in [-0.25, -0.2) is 0 Å². The quantitative estimate of drug-likeness (QED) is 0.914. The molecule has 1 N–H and O–H groups in total. The Bertz CT molecular complexity index is 674. The number of nitrogens with zero attached hydrogens (tertiary/aromatic N) is 5. The van der Waals surface area contributed by atoms with Crippen LogP contribution in [-0.2, 0) is 12.5 Å². The molecular formula is C14H15ClN6. The third-order valence-corrected chi connectivity index (χ3v) is 4.13. The molecule has 0 unspecified atom stereocenters. The number of hydrogen-bond donors (Lipinski definition) is 1. The van der Waals surface area contributed by atoms with Gasteiger partial charge in [-0.2, -0.15) is 5.26 Å². The largest absolute Gasteiger partial charge is 0.308 e. The first-order valence-corrected chi connectivity index (χ1v) is 7.14. The van der Waals surface area contributed by atoms with Crippen LogP contribution >= 0.6 is 11.6 Å². The van der Waals surface area contributed by atoms with Crippen LogP contribution in [0.25, 0.3) is 0 Å². The number of rotatable bonds is 2. The predicted molar refractivity (Wildman–Crippen MR) is 77.5 cm³/mol. The fourth-order valence-corrected chi connectivity index (χ4v) is 2.88. The maximum Gasteiger partial charge on any atom is 0.102 e. The second kappa shape index (κ2) is 5.43. The van der Waals surface area contributed by atoms with Crippen molar-refractivity contribution in [2.45, 2.75) is 24.3 Å². The molecule has 0 amide bonds. The van der Waals surface area contributed by atoms with Crippen molar-refractivity contribution < 1.29 is 0 Å². The van der Waals surface area contributed by atoms with Gasteiger partial charge < -0.3 is 5.32 Å². The molecule has 0 aromatic carbocycles. The van der Waals surface area contributed by atoms with Gasteiger partial charge in [-0.15, -0.1) is 5.10 Å². The van der Waals surface area contributed by atoms with E-state index in [9.17, 15) is 5.26 Å². The van der Waals surface area contributed by atoms with E-state index in [1.54, 1.807) is 16.9 Å². The van der Waals surface area contributed by atoms with Gasteiger partial charge in [-0.05, 0) is 31.5 Å². The van der Waals surface area contributed by atoms with Crippen molar-refractivity contribution >= 4 is 11.6 Å². The Labute approximate surface area is 127 Å². The van der Waals surface area contributed by atoms with Gasteiger partial charge in [0.2, 0.25) is 0 Å². The lowest BCUT2D eigenvalue weighted by atomic mass is 9.74. The van der Waals surface area contributed by atoms with Gasteiger partial charge in [-0.3, -0.25) is 9.67 Å². The minimum absolute atomic E-state index is 0.00424. The highest BCUT2D eigenvalue weighted by Gasteiger charge is 2.40. The summed E-state index contributed by atoms with van der Waals surface area (Å²) in [5, 5.41) is 21.8. The predicted octanol–water partition coefficient (Wildman–Crippen LogP) is 1.75. The molecule has 2 aromatic heterocycles. The zero-order valence-electron chi connectivity index (χ0n) is 11.6. The van der Waals surface area contributed by atoms with E-state index in [0.29, 0.717) is 11.4 Å². The maximum absolute atomic E-state index is 9.74. The van der Waals surface area contributed by atoms with Crippen molar-refractivity contribution in [3.8, 4) is 6.07 Å².